The zero-order valence-corrected chi connectivity index (χ0v) is 14.8. The van der Waals surface area contributed by atoms with Crippen LogP contribution in [0.3, 0.4) is 0 Å². The molecule has 0 atom stereocenters. The lowest BCUT2D eigenvalue weighted by Crippen LogP contribution is -2.29. The molecule has 2 N–H and O–H groups in total. The minimum Gasteiger partial charge on any atom is -0.369 e. The standard InChI is InChI=1S/C16H19F2N5O2S/c17-12-3-4-13(18)14(9-12)26(24,25)22-6-5-19-15-10-16(21-11-20-15)23-7-1-2-8-23/h3-4,9-11,22H,1-2,5-8H2,(H,19,20,21). The monoisotopic (exact) mass is 383 g/mol. The van der Waals surface area contributed by atoms with E-state index in [1.54, 1.807) is 6.07 Å². The number of nitrogens with one attached hydrogen (secondary N) is 2. The van der Waals surface area contributed by atoms with Crippen LogP contribution in [0.15, 0.2) is 35.5 Å². The van der Waals surface area contributed by atoms with Gasteiger partial charge in [-0.15, -0.1) is 0 Å². The summed E-state index contributed by atoms with van der Waals surface area (Å²) in [7, 11) is -4.14. The maximum Gasteiger partial charge on any atom is 0.243 e. The molecule has 26 heavy (non-hydrogen) atoms. The summed E-state index contributed by atoms with van der Waals surface area (Å²) in [5.41, 5.74) is 0. The number of rotatable bonds is 7. The fraction of sp³-hybridized carbons (Fsp3) is 0.375. The Morgan fingerprint density at radius 2 is 1.85 bits per heavy atom. The Morgan fingerprint density at radius 1 is 1.08 bits per heavy atom. The number of aromatic nitrogens is 2. The lowest BCUT2D eigenvalue weighted by molar-refractivity contribution is 0.546. The molecule has 1 aromatic carbocycles. The van der Waals surface area contributed by atoms with Gasteiger partial charge in [0.05, 0.1) is 0 Å². The number of hydrogen-bond acceptors (Lipinski definition) is 6. The van der Waals surface area contributed by atoms with Gasteiger partial charge in [-0.2, -0.15) is 0 Å². The Labute approximate surface area is 150 Å². The van der Waals surface area contributed by atoms with Crippen LogP contribution in [0.25, 0.3) is 0 Å². The summed E-state index contributed by atoms with van der Waals surface area (Å²) in [5, 5.41) is 2.99. The first kappa shape index (κ1) is 18.5. The highest BCUT2D eigenvalue weighted by molar-refractivity contribution is 7.89. The van der Waals surface area contributed by atoms with Gasteiger partial charge in [-0.05, 0) is 31.0 Å². The summed E-state index contributed by atoms with van der Waals surface area (Å²) < 4.78 is 53.1. The number of anilines is 2. The summed E-state index contributed by atoms with van der Waals surface area (Å²) in [6.07, 6.45) is 3.71. The molecule has 2 aromatic rings. The van der Waals surface area contributed by atoms with Crippen LogP contribution >= 0.6 is 0 Å². The predicted molar refractivity (Wildman–Crippen MR) is 93.5 cm³/mol. The van der Waals surface area contributed by atoms with Gasteiger partial charge < -0.3 is 10.2 Å². The minimum absolute atomic E-state index is 0.0126. The number of halogens is 2. The SMILES string of the molecule is O=S(=O)(NCCNc1cc(N2CCCC2)ncn1)c1cc(F)ccc1F. The fourth-order valence-corrected chi connectivity index (χ4v) is 3.82. The summed E-state index contributed by atoms with van der Waals surface area (Å²) in [6, 6.07) is 4.09. The lowest BCUT2D eigenvalue weighted by Gasteiger charge is -2.16. The first-order valence-electron chi connectivity index (χ1n) is 8.21. The molecule has 1 saturated heterocycles. The second-order valence-corrected chi connectivity index (χ2v) is 7.59. The van der Waals surface area contributed by atoms with Crippen LogP contribution in [-0.2, 0) is 10.0 Å². The summed E-state index contributed by atoms with van der Waals surface area (Å²) in [5.74, 6) is -0.432. The molecule has 140 valence electrons. The van der Waals surface area contributed by atoms with Crippen molar-refractivity contribution in [2.45, 2.75) is 17.7 Å². The molecule has 3 rings (SSSR count). The van der Waals surface area contributed by atoms with Crippen molar-refractivity contribution in [3.05, 3.63) is 42.2 Å². The molecule has 1 aromatic heterocycles. The molecular formula is C16H19F2N5O2S. The molecule has 1 fully saturated rings. The Kier molecular flexibility index (Phi) is 5.62. The van der Waals surface area contributed by atoms with E-state index in [-0.39, 0.29) is 13.1 Å². The van der Waals surface area contributed by atoms with Crippen molar-refractivity contribution in [2.24, 2.45) is 0 Å². The molecule has 0 unspecified atom stereocenters. The second kappa shape index (κ2) is 7.92. The molecule has 0 aliphatic carbocycles. The Balaban J connectivity index is 1.55. The largest absolute Gasteiger partial charge is 0.369 e. The number of benzene rings is 1. The average Bonchev–Trinajstić information content (AvgIpc) is 3.16. The Morgan fingerprint density at radius 3 is 2.62 bits per heavy atom. The van der Waals surface area contributed by atoms with Crippen molar-refractivity contribution >= 4 is 21.7 Å². The van der Waals surface area contributed by atoms with Crippen LogP contribution in [0, 0.1) is 11.6 Å². The smallest absolute Gasteiger partial charge is 0.243 e. The first-order valence-corrected chi connectivity index (χ1v) is 9.69. The minimum atomic E-state index is -4.14. The Bertz CT molecular complexity index is 873. The Hall–Kier alpha value is -2.33. The van der Waals surface area contributed by atoms with Crippen molar-refractivity contribution in [1.29, 1.82) is 0 Å². The lowest BCUT2D eigenvalue weighted by atomic mass is 10.3. The highest BCUT2D eigenvalue weighted by Crippen LogP contribution is 2.19. The van der Waals surface area contributed by atoms with E-state index in [1.807, 2.05) is 0 Å². The van der Waals surface area contributed by atoms with Crippen molar-refractivity contribution < 1.29 is 17.2 Å². The topological polar surface area (TPSA) is 87.2 Å². The van der Waals surface area contributed by atoms with Gasteiger partial charge >= 0.3 is 0 Å². The van der Waals surface area contributed by atoms with Crippen LogP contribution < -0.4 is 14.9 Å². The number of nitrogens with zero attached hydrogens (tertiary/aromatic N) is 3. The van der Waals surface area contributed by atoms with E-state index in [2.05, 4.69) is 24.9 Å². The molecule has 0 spiro atoms. The van der Waals surface area contributed by atoms with Gasteiger partial charge in [0.2, 0.25) is 10.0 Å². The third-order valence-electron chi connectivity index (χ3n) is 3.99. The molecule has 0 radical (unpaired) electrons. The second-order valence-electron chi connectivity index (χ2n) is 5.85. The molecule has 1 aliphatic rings. The maximum absolute atomic E-state index is 13.6. The average molecular weight is 383 g/mol. The van der Waals surface area contributed by atoms with Crippen LogP contribution in [0.2, 0.25) is 0 Å². The quantitative estimate of drug-likeness (QED) is 0.709. The molecule has 0 bridgehead atoms. The van der Waals surface area contributed by atoms with Crippen LogP contribution in [0.5, 0.6) is 0 Å². The first-order chi connectivity index (χ1) is 12.5. The van der Waals surface area contributed by atoms with Crippen molar-refractivity contribution in [1.82, 2.24) is 14.7 Å². The molecule has 10 heteroatoms. The van der Waals surface area contributed by atoms with Gasteiger partial charge in [0.25, 0.3) is 0 Å². The van der Waals surface area contributed by atoms with Gasteiger partial charge in [0, 0.05) is 32.2 Å². The van der Waals surface area contributed by atoms with E-state index in [9.17, 15) is 17.2 Å². The zero-order valence-electron chi connectivity index (χ0n) is 14.0. The fourth-order valence-electron chi connectivity index (χ4n) is 2.70. The number of sulfonamides is 1. The van der Waals surface area contributed by atoms with Crippen molar-refractivity contribution in [3.63, 3.8) is 0 Å². The van der Waals surface area contributed by atoms with Gasteiger partial charge in [-0.1, -0.05) is 0 Å². The van der Waals surface area contributed by atoms with Gasteiger partial charge in [0.15, 0.2) is 0 Å². The molecule has 0 amide bonds. The van der Waals surface area contributed by atoms with E-state index in [0.717, 1.165) is 43.9 Å². The van der Waals surface area contributed by atoms with E-state index in [1.165, 1.54) is 6.33 Å². The number of hydrogen-bond donors (Lipinski definition) is 2. The zero-order chi connectivity index (χ0) is 18.6. The molecular weight excluding hydrogens is 364 g/mol. The van der Waals surface area contributed by atoms with Gasteiger partial charge in [-0.3, -0.25) is 0 Å². The van der Waals surface area contributed by atoms with Crippen LogP contribution in [0.1, 0.15) is 12.8 Å². The van der Waals surface area contributed by atoms with Crippen LogP contribution in [-0.4, -0.2) is 44.6 Å². The molecule has 1 aliphatic heterocycles. The van der Waals surface area contributed by atoms with Gasteiger partial charge in [-0.25, -0.2) is 31.9 Å². The van der Waals surface area contributed by atoms with Crippen molar-refractivity contribution in [2.75, 3.05) is 36.4 Å². The molecule has 0 saturated carbocycles. The van der Waals surface area contributed by atoms with E-state index >= 15 is 0 Å². The highest BCUT2D eigenvalue weighted by atomic mass is 32.2. The third-order valence-corrected chi connectivity index (χ3v) is 5.46. The predicted octanol–water partition coefficient (Wildman–Crippen LogP) is 1.75. The van der Waals surface area contributed by atoms with Crippen molar-refractivity contribution in [3.8, 4) is 0 Å². The van der Waals surface area contributed by atoms with E-state index in [4.69, 9.17) is 0 Å². The molecule has 7 nitrogen and oxygen atoms in total. The van der Waals surface area contributed by atoms with Crippen LogP contribution in [0.4, 0.5) is 20.4 Å². The normalized spacial score (nSPS) is 14.6. The third kappa shape index (κ3) is 4.44. The summed E-state index contributed by atoms with van der Waals surface area (Å²) in [6.45, 7) is 2.12. The summed E-state index contributed by atoms with van der Waals surface area (Å²) in [4.78, 5) is 9.77. The highest BCUT2D eigenvalue weighted by Gasteiger charge is 2.19. The van der Waals surface area contributed by atoms with E-state index in [0.29, 0.717) is 11.9 Å². The molecule has 2 heterocycles. The van der Waals surface area contributed by atoms with Gasteiger partial charge in [0.1, 0.15) is 34.5 Å². The summed E-state index contributed by atoms with van der Waals surface area (Å²) >= 11 is 0. The van der Waals surface area contributed by atoms with E-state index < -0.39 is 26.6 Å². The maximum atomic E-state index is 13.6.